The quantitative estimate of drug-likeness (QED) is 0.657. The summed E-state index contributed by atoms with van der Waals surface area (Å²) in [7, 11) is 4.03. The molecule has 1 amide bonds. The lowest BCUT2D eigenvalue weighted by Gasteiger charge is -2.19. The molecule has 1 aromatic carbocycles. The van der Waals surface area contributed by atoms with Gasteiger partial charge in [0, 0.05) is 0 Å². The number of carbonyl (C=O) groups is 2. The predicted octanol–water partition coefficient (Wildman–Crippen LogP) is 1.82. The van der Waals surface area contributed by atoms with Crippen molar-refractivity contribution in [2.75, 3.05) is 21.3 Å². The summed E-state index contributed by atoms with van der Waals surface area (Å²) in [5.74, 6) is 0.0523. The number of ether oxygens (including phenoxy) is 3. The van der Waals surface area contributed by atoms with Gasteiger partial charge in [-0.15, -0.1) is 0 Å². The summed E-state index contributed by atoms with van der Waals surface area (Å²) in [6.45, 7) is 3.66. The summed E-state index contributed by atoms with van der Waals surface area (Å²) in [6, 6.07) is 6.12. The van der Waals surface area contributed by atoms with E-state index < -0.39 is 18.1 Å². The smallest absolute Gasteiger partial charge is 0.407 e. The molecule has 20 heavy (non-hydrogen) atoms. The molecule has 1 atom stereocenters. The number of nitrogens with one attached hydrogen (secondary N) is 1. The number of benzene rings is 1. The predicted molar refractivity (Wildman–Crippen MR) is 72.4 cm³/mol. The highest BCUT2D eigenvalue weighted by atomic mass is 16.5. The zero-order valence-corrected chi connectivity index (χ0v) is 11.6. The fraction of sp³-hybridized carbons (Fsp3) is 0.286. The molecular weight excluding hydrogens is 262 g/mol. The highest BCUT2D eigenvalue weighted by Crippen LogP contribution is 2.24. The van der Waals surface area contributed by atoms with Crippen molar-refractivity contribution in [1.82, 2.24) is 5.32 Å². The van der Waals surface area contributed by atoms with Gasteiger partial charge >= 0.3 is 12.1 Å². The second kappa shape index (κ2) is 7.18. The minimum absolute atomic E-state index is 0.100. The normalized spacial score (nSPS) is 11.2. The molecule has 0 saturated carbocycles. The molecule has 0 saturated heterocycles. The van der Waals surface area contributed by atoms with Crippen LogP contribution in [0.25, 0.3) is 0 Å². The van der Waals surface area contributed by atoms with Crippen LogP contribution in [-0.4, -0.2) is 33.4 Å². The number of amides is 1. The zero-order chi connectivity index (χ0) is 15.1. The largest absolute Gasteiger partial charge is 0.497 e. The van der Waals surface area contributed by atoms with Gasteiger partial charge in [0.1, 0.15) is 5.75 Å². The topological polar surface area (TPSA) is 73.9 Å². The standard InChI is InChI=1S/C14H17NO5/c1-9(13(16)19-3)12(15-14(17)20-4)10-5-7-11(18-2)8-6-10/h5-8,12H,1H2,2-4H3,(H,15,17). The van der Waals surface area contributed by atoms with Crippen LogP contribution in [0, 0.1) is 0 Å². The number of hydrogen-bond donors (Lipinski definition) is 1. The van der Waals surface area contributed by atoms with E-state index >= 15 is 0 Å². The van der Waals surface area contributed by atoms with E-state index in [4.69, 9.17) is 4.74 Å². The van der Waals surface area contributed by atoms with Crippen molar-refractivity contribution < 1.29 is 23.8 Å². The first-order valence-corrected chi connectivity index (χ1v) is 5.79. The van der Waals surface area contributed by atoms with Gasteiger partial charge in [-0.25, -0.2) is 9.59 Å². The van der Waals surface area contributed by atoms with E-state index in [9.17, 15) is 9.59 Å². The molecule has 0 fully saturated rings. The van der Waals surface area contributed by atoms with E-state index in [1.54, 1.807) is 31.4 Å². The molecule has 0 spiro atoms. The van der Waals surface area contributed by atoms with Gasteiger partial charge in [-0.05, 0) is 17.7 Å². The van der Waals surface area contributed by atoms with Gasteiger partial charge in [0.25, 0.3) is 0 Å². The van der Waals surface area contributed by atoms with Crippen LogP contribution in [0.2, 0.25) is 0 Å². The molecule has 0 aromatic heterocycles. The fourth-order valence-electron chi connectivity index (χ4n) is 1.59. The Hall–Kier alpha value is -2.50. The van der Waals surface area contributed by atoms with E-state index in [-0.39, 0.29) is 5.57 Å². The summed E-state index contributed by atoms with van der Waals surface area (Å²) in [5, 5.41) is 2.53. The maximum Gasteiger partial charge on any atom is 0.407 e. The Labute approximate surface area is 117 Å². The maximum atomic E-state index is 11.6. The van der Waals surface area contributed by atoms with Crippen LogP contribution in [-0.2, 0) is 14.3 Å². The highest BCUT2D eigenvalue weighted by molar-refractivity contribution is 5.90. The van der Waals surface area contributed by atoms with Crippen LogP contribution in [0.5, 0.6) is 5.75 Å². The molecule has 1 aromatic rings. The molecule has 0 aliphatic rings. The Morgan fingerprint density at radius 3 is 2.15 bits per heavy atom. The van der Waals surface area contributed by atoms with Crippen molar-refractivity contribution in [3.05, 3.63) is 42.0 Å². The summed E-state index contributed by atoms with van der Waals surface area (Å²) in [6.07, 6.45) is -0.670. The van der Waals surface area contributed by atoms with Crippen molar-refractivity contribution in [3.8, 4) is 5.75 Å². The van der Waals surface area contributed by atoms with E-state index in [1.165, 1.54) is 14.2 Å². The fourth-order valence-corrected chi connectivity index (χ4v) is 1.59. The number of esters is 1. The second-order valence-corrected chi connectivity index (χ2v) is 3.86. The molecular formula is C14H17NO5. The molecule has 6 nitrogen and oxygen atoms in total. The van der Waals surface area contributed by atoms with Crippen LogP contribution in [0.15, 0.2) is 36.4 Å². The summed E-state index contributed by atoms with van der Waals surface area (Å²) < 4.78 is 14.2. The summed E-state index contributed by atoms with van der Waals surface area (Å²) >= 11 is 0. The minimum Gasteiger partial charge on any atom is -0.497 e. The summed E-state index contributed by atoms with van der Waals surface area (Å²) in [5.41, 5.74) is 0.759. The summed E-state index contributed by atoms with van der Waals surface area (Å²) in [4.78, 5) is 23.0. The first kappa shape index (κ1) is 15.6. The van der Waals surface area contributed by atoms with Crippen LogP contribution in [0.1, 0.15) is 11.6 Å². The highest BCUT2D eigenvalue weighted by Gasteiger charge is 2.23. The molecule has 0 heterocycles. The Balaban J connectivity index is 3.04. The Kier molecular flexibility index (Phi) is 5.58. The van der Waals surface area contributed by atoms with Gasteiger partial charge in [-0.2, -0.15) is 0 Å². The van der Waals surface area contributed by atoms with Gasteiger partial charge in [0.2, 0.25) is 0 Å². The molecule has 6 heteroatoms. The third kappa shape index (κ3) is 3.74. The van der Waals surface area contributed by atoms with Crippen LogP contribution in [0.4, 0.5) is 4.79 Å². The molecule has 0 aliphatic carbocycles. The lowest BCUT2D eigenvalue weighted by Crippen LogP contribution is -2.31. The van der Waals surface area contributed by atoms with Gasteiger partial charge in [0.15, 0.2) is 0 Å². The van der Waals surface area contributed by atoms with Crippen LogP contribution >= 0.6 is 0 Å². The minimum atomic E-state index is -0.735. The van der Waals surface area contributed by atoms with E-state index in [1.807, 2.05) is 0 Å². The third-order valence-electron chi connectivity index (χ3n) is 2.69. The number of carbonyl (C=O) groups excluding carboxylic acids is 2. The zero-order valence-electron chi connectivity index (χ0n) is 11.6. The lowest BCUT2D eigenvalue weighted by molar-refractivity contribution is -0.136. The SMILES string of the molecule is C=C(C(=O)OC)C(NC(=O)OC)c1ccc(OC)cc1. The van der Waals surface area contributed by atoms with Gasteiger partial charge in [0.05, 0.1) is 32.9 Å². The average molecular weight is 279 g/mol. The monoisotopic (exact) mass is 279 g/mol. The molecule has 1 rings (SSSR count). The molecule has 1 unspecified atom stereocenters. The van der Waals surface area contributed by atoms with Crippen molar-refractivity contribution >= 4 is 12.1 Å². The van der Waals surface area contributed by atoms with Crippen LogP contribution < -0.4 is 10.1 Å². The average Bonchev–Trinajstić information content (AvgIpc) is 2.50. The first-order chi connectivity index (χ1) is 9.53. The van der Waals surface area contributed by atoms with E-state index in [2.05, 4.69) is 21.4 Å². The number of hydrogen-bond acceptors (Lipinski definition) is 5. The van der Waals surface area contributed by atoms with Crippen molar-refractivity contribution in [1.29, 1.82) is 0 Å². The Morgan fingerprint density at radius 2 is 1.70 bits per heavy atom. The Morgan fingerprint density at radius 1 is 1.10 bits per heavy atom. The third-order valence-corrected chi connectivity index (χ3v) is 2.69. The van der Waals surface area contributed by atoms with Crippen molar-refractivity contribution in [2.45, 2.75) is 6.04 Å². The van der Waals surface area contributed by atoms with E-state index in [0.717, 1.165) is 0 Å². The van der Waals surface area contributed by atoms with Gasteiger partial charge in [-0.1, -0.05) is 18.7 Å². The van der Waals surface area contributed by atoms with Crippen molar-refractivity contribution in [3.63, 3.8) is 0 Å². The first-order valence-electron chi connectivity index (χ1n) is 5.79. The lowest BCUT2D eigenvalue weighted by atomic mass is 10.00. The molecule has 0 radical (unpaired) electrons. The van der Waals surface area contributed by atoms with Gasteiger partial charge in [-0.3, -0.25) is 0 Å². The number of alkyl carbamates (subject to hydrolysis) is 1. The number of rotatable bonds is 5. The Bertz CT molecular complexity index is 495. The van der Waals surface area contributed by atoms with Crippen molar-refractivity contribution in [2.24, 2.45) is 0 Å². The maximum absolute atomic E-state index is 11.6. The second-order valence-electron chi connectivity index (χ2n) is 3.86. The molecule has 0 aliphatic heterocycles. The molecule has 108 valence electrons. The van der Waals surface area contributed by atoms with E-state index in [0.29, 0.717) is 11.3 Å². The van der Waals surface area contributed by atoms with Crippen LogP contribution in [0.3, 0.4) is 0 Å². The number of methoxy groups -OCH3 is 3. The molecule has 1 N–H and O–H groups in total. The van der Waals surface area contributed by atoms with Gasteiger partial charge < -0.3 is 19.5 Å². The molecule has 0 bridgehead atoms.